The molecule has 0 unspecified atom stereocenters. The second-order valence-electron chi connectivity index (χ2n) is 7.86. The van der Waals surface area contributed by atoms with Crippen LogP contribution < -0.4 is 9.47 Å². The molecule has 1 aromatic heterocycles. The van der Waals surface area contributed by atoms with Gasteiger partial charge in [-0.2, -0.15) is 5.10 Å². The number of rotatable bonds is 8. The fourth-order valence-electron chi connectivity index (χ4n) is 3.76. The van der Waals surface area contributed by atoms with E-state index in [0.717, 1.165) is 17.5 Å². The van der Waals surface area contributed by atoms with E-state index in [2.05, 4.69) is 34.5 Å². The lowest BCUT2D eigenvalue weighted by molar-refractivity contribution is 0.320. The predicted octanol–water partition coefficient (Wildman–Crippen LogP) is 6.86. The van der Waals surface area contributed by atoms with Crippen LogP contribution in [0.2, 0.25) is 0 Å². The van der Waals surface area contributed by atoms with E-state index in [4.69, 9.17) is 9.47 Å². The van der Waals surface area contributed by atoms with Gasteiger partial charge in [-0.05, 0) is 41.0 Å². The summed E-state index contributed by atoms with van der Waals surface area (Å²) in [6.45, 7) is 0.528. The summed E-state index contributed by atoms with van der Waals surface area (Å²) in [4.78, 5) is 0. The monoisotopic (exact) mass is 448 g/mol. The first-order chi connectivity index (χ1) is 16.8. The first kappa shape index (κ1) is 21.3. The van der Waals surface area contributed by atoms with Crippen molar-refractivity contribution in [3.63, 3.8) is 0 Å². The molecule has 5 rings (SSSR count). The maximum absolute atomic E-state index is 10.6. The molecule has 0 saturated heterocycles. The highest BCUT2D eigenvalue weighted by molar-refractivity contribution is 5.73. The Morgan fingerprint density at radius 1 is 0.735 bits per heavy atom. The Balaban J connectivity index is 1.27. The van der Waals surface area contributed by atoms with Gasteiger partial charge in [0.15, 0.2) is 5.75 Å². The summed E-state index contributed by atoms with van der Waals surface area (Å²) >= 11 is 0. The fourth-order valence-corrected chi connectivity index (χ4v) is 3.76. The molecule has 0 saturated carbocycles. The quantitative estimate of drug-likeness (QED) is 0.272. The molecule has 0 radical (unpaired) electrons. The highest BCUT2D eigenvalue weighted by Gasteiger charge is 2.15. The Morgan fingerprint density at radius 2 is 1.41 bits per heavy atom. The SMILES string of the molecule is Oc1cc(OCCc2ccccc2)ccc1-c1[nH]ncc1Oc1ccc(-c2ccccc2)cc1. The summed E-state index contributed by atoms with van der Waals surface area (Å²) in [7, 11) is 0. The van der Waals surface area contributed by atoms with E-state index in [1.54, 1.807) is 18.3 Å². The Morgan fingerprint density at radius 3 is 2.15 bits per heavy atom. The molecule has 4 aromatic carbocycles. The number of nitrogens with one attached hydrogen (secondary N) is 1. The van der Waals surface area contributed by atoms with Gasteiger partial charge in [0, 0.05) is 18.1 Å². The largest absolute Gasteiger partial charge is 0.507 e. The molecule has 168 valence electrons. The van der Waals surface area contributed by atoms with Gasteiger partial charge in [-0.15, -0.1) is 0 Å². The van der Waals surface area contributed by atoms with Gasteiger partial charge in [-0.1, -0.05) is 72.8 Å². The van der Waals surface area contributed by atoms with Gasteiger partial charge in [0.1, 0.15) is 22.9 Å². The summed E-state index contributed by atoms with van der Waals surface area (Å²) in [5, 5.41) is 17.7. The molecular weight excluding hydrogens is 424 g/mol. The standard InChI is InChI=1S/C29H24N2O3/c32-27-19-25(33-18-17-21-7-3-1-4-8-21)15-16-26(27)29-28(20-30-31-29)34-24-13-11-23(12-14-24)22-9-5-2-6-10-22/h1-16,19-20,32H,17-18H2,(H,30,31). The minimum Gasteiger partial charge on any atom is -0.507 e. The van der Waals surface area contributed by atoms with Gasteiger partial charge in [0.05, 0.1) is 12.8 Å². The molecule has 5 aromatic rings. The second kappa shape index (κ2) is 9.96. The Hall–Kier alpha value is -4.51. The number of H-pyrrole nitrogens is 1. The van der Waals surface area contributed by atoms with Crippen molar-refractivity contribution in [3.8, 4) is 45.4 Å². The van der Waals surface area contributed by atoms with E-state index in [9.17, 15) is 5.11 Å². The predicted molar refractivity (Wildman–Crippen MR) is 133 cm³/mol. The third kappa shape index (κ3) is 4.94. The number of phenolic OH excluding ortho intramolecular Hbond substituents is 1. The van der Waals surface area contributed by atoms with Crippen LogP contribution in [0.5, 0.6) is 23.0 Å². The van der Waals surface area contributed by atoms with Crippen molar-refractivity contribution in [2.75, 3.05) is 6.61 Å². The van der Waals surface area contributed by atoms with E-state index in [-0.39, 0.29) is 5.75 Å². The van der Waals surface area contributed by atoms with Gasteiger partial charge in [0.2, 0.25) is 0 Å². The van der Waals surface area contributed by atoms with Crippen LogP contribution in [-0.2, 0) is 6.42 Å². The normalized spacial score (nSPS) is 10.7. The van der Waals surface area contributed by atoms with Crippen molar-refractivity contribution < 1.29 is 14.6 Å². The molecule has 0 bridgehead atoms. The van der Waals surface area contributed by atoms with Crippen LogP contribution in [0.1, 0.15) is 5.56 Å². The van der Waals surface area contributed by atoms with Crippen LogP contribution in [0, 0.1) is 0 Å². The van der Waals surface area contributed by atoms with E-state index in [1.165, 1.54) is 5.56 Å². The maximum atomic E-state index is 10.6. The van der Waals surface area contributed by atoms with E-state index in [1.807, 2.05) is 66.7 Å². The Labute approximate surface area is 198 Å². The third-order valence-electron chi connectivity index (χ3n) is 5.53. The summed E-state index contributed by atoms with van der Waals surface area (Å²) < 4.78 is 11.9. The lowest BCUT2D eigenvalue weighted by Gasteiger charge is -2.11. The van der Waals surface area contributed by atoms with E-state index >= 15 is 0 Å². The van der Waals surface area contributed by atoms with Crippen molar-refractivity contribution in [1.29, 1.82) is 0 Å². The molecule has 0 fully saturated rings. The van der Waals surface area contributed by atoms with Gasteiger partial charge < -0.3 is 14.6 Å². The van der Waals surface area contributed by atoms with Gasteiger partial charge in [-0.25, -0.2) is 0 Å². The molecule has 2 N–H and O–H groups in total. The van der Waals surface area contributed by atoms with Crippen molar-refractivity contribution in [2.45, 2.75) is 6.42 Å². The molecule has 0 atom stereocenters. The van der Waals surface area contributed by atoms with Crippen molar-refractivity contribution >= 4 is 0 Å². The first-order valence-corrected chi connectivity index (χ1v) is 11.1. The molecule has 1 heterocycles. The summed E-state index contributed by atoms with van der Waals surface area (Å²) in [5.74, 6) is 1.91. The minimum atomic E-state index is 0.0886. The van der Waals surface area contributed by atoms with Gasteiger partial charge in [0.25, 0.3) is 0 Å². The lowest BCUT2D eigenvalue weighted by atomic mass is 10.1. The molecule has 0 aliphatic rings. The number of hydrogen-bond donors (Lipinski definition) is 2. The summed E-state index contributed by atoms with van der Waals surface area (Å²) in [6, 6.07) is 33.4. The minimum absolute atomic E-state index is 0.0886. The first-order valence-electron chi connectivity index (χ1n) is 11.1. The lowest BCUT2D eigenvalue weighted by Crippen LogP contribution is -2.01. The van der Waals surface area contributed by atoms with Crippen LogP contribution in [0.15, 0.2) is 109 Å². The molecule has 0 amide bonds. The summed E-state index contributed by atoms with van der Waals surface area (Å²) in [6.07, 6.45) is 2.40. The zero-order valence-electron chi connectivity index (χ0n) is 18.5. The number of aromatic hydroxyl groups is 1. The van der Waals surface area contributed by atoms with Crippen LogP contribution in [-0.4, -0.2) is 21.9 Å². The Bertz CT molecular complexity index is 1350. The Kier molecular flexibility index (Phi) is 6.25. The van der Waals surface area contributed by atoms with Crippen LogP contribution >= 0.6 is 0 Å². The fraction of sp³-hybridized carbons (Fsp3) is 0.0690. The van der Waals surface area contributed by atoms with Crippen LogP contribution in [0.25, 0.3) is 22.4 Å². The van der Waals surface area contributed by atoms with Crippen molar-refractivity contribution in [3.05, 3.63) is 115 Å². The van der Waals surface area contributed by atoms with Crippen molar-refractivity contribution in [1.82, 2.24) is 10.2 Å². The molecular formula is C29H24N2O3. The van der Waals surface area contributed by atoms with E-state index in [0.29, 0.717) is 35.1 Å². The van der Waals surface area contributed by atoms with E-state index < -0.39 is 0 Å². The second-order valence-corrected chi connectivity index (χ2v) is 7.86. The number of benzene rings is 4. The number of hydrogen-bond acceptors (Lipinski definition) is 4. The molecule has 5 heteroatoms. The van der Waals surface area contributed by atoms with Gasteiger partial charge in [-0.3, -0.25) is 5.10 Å². The average molecular weight is 449 g/mol. The number of phenols is 1. The number of aromatic amines is 1. The maximum Gasteiger partial charge on any atom is 0.173 e. The molecule has 0 aliphatic carbocycles. The number of aromatic nitrogens is 2. The molecule has 0 spiro atoms. The molecule has 0 aliphatic heterocycles. The van der Waals surface area contributed by atoms with Gasteiger partial charge >= 0.3 is 0 Å². The zero-order valence-corrected chi connectivity index (χ0v) is 18.5. The highest BCUT2D eigenvalue weighted by atomic mass is 16.5. The van der Waals surface area contributed by atoms with Crippen molar-refractivity contribution in [2.24, 2.45) is 0 Å². The topological polar surface area (TPSA) is 67.4 Å². The molecule has 5 nitrogen and oxygen atoms in total. The zero-order chi connectivity index (χ0) is 23.2. The number of ether oxygens (including phenoxy) is 2. The third-order valence-corrected chi connectivity index (χ3v) is 5.53. The smallest absolute Gasteiger partial charge is 0.173 e. The van der Waals surface area contributed by atoms with Crippen LogP contribution in [0.3, 0.4) is 0 Å². The number of nitrogens with zero attached hydrogens (tertiary/aromatic N) is 1. The molecule has 34 heavy (non-hydrogen) atoms. The summed E-state index contributed by atoms with van der Waals surface area (Å²) in [5.41, 5.74) is 4.65. The average Bonchev–Trinajstić information content (AvgIpc) is 3.33. The van der Waals surface area contributed by atoms with Crippen LogP contribution in [0.4, 0.5) is 0 Å². The highest BCUT2D eigenvalue weighted by Crippen LogP contribution is 2.38.